The van der Waals surface area contributed by atoms with Crippen molar-refractivity contribution in [3.63, 3.8) is 0 Å². The van der Waals surface area contributed by atoms with Crippen molar-refractivity contribution in [3.8, 4) is 23.7 Å². The van der Waals surface area contributed by atoms with Crippen LogP contribution in [-0.4, -0.2) is 55.0 Å². The Morgan fingerprint density at radius 1 is 0.563 bits per heavy atom. The normalized spacial score (nSPS) is 10.9. The minimum absolute atomic E-state index is 0.00316. The average Bonchev–Trinajstić information content (AvgIpc) is 3.90. The van der Waals surface area contributed by atoms with E-state index in [1.165, 1.54) is 55.6 Å². The van der Waals surface area contributed by atoms with Crippen LogP contribution in [0.15, 0.2) is 146 Å². The largest absolute Gasteiger partial charge is 0.478 e. The van der Waals surface area contributed by atoms with Crippen molar-refractivity contribution in [2.24, 2.45) is 0 Å². The molecule has 14 nitrogen and oxygen atoms in total. The van der Waals surface area contributed by atoms with Crippen LogP contribution >= 0.6 is 0 Å². The van der Waals surface area contributed by atoms with Gasteiger partial charge < -0.3 is 31.1 Å². The van der Waals surface area contributed by atoms with Crippen LogP contribution in [0.4, 0.5) is 47.3 Å². The Morgan fingerprint density at radius 2 is 1.00 bits per heavy atom. The molecule has 8 rings (SSSR count). The number of pyridine rings is 2. The van der Waals surface area contributed by atoms with Gasteiger partial charge in [0, 0.05) is 34.9 Å². The van der Waals surface area contributed by atoms with E-state index in [4.69, 9.17) is 5.11 Å². The van der Waals surface area contributed by atoms with Crippen LogP contribution in [0.5, 0.6) is 0 Å². The highest BCUT2D eigenvalue weighted by atomic mass is 19.4. The number of anilines is 2. The number of nitrogens with one attached hydrogen (secondary N) is 4. The lowest BCUT2D eigenvalue weighted by Crippen LogP contribution is -2.28. The Labute approximate surface area is 399 Å². The first-order valence-corrected chi connectivity index (χ1v) is 20.9. The number of ether oxygens (including phenoxy) is 1. The summed E-state index contributed by atoms with van der Waals surface area (Å²) in [4.78, 5) is 56.5. The van der Waals surface area contributed by atoms with E-state index in [0.29, 0.717) is 45.4 Å². The molecule has 0 aliphatic heterocycles. The highest BCUT2D eigenvalue weighted by Crippen LogP contribution is 2.30. The molecule has 5 N–H and O–H groups in total. The molecule has 0 radical (unpaired) electrons. The molecule has 358 valence electrons. The fourth-order valence-electron chi connectivity index (χ4n) is 6.66. The number of urea groups is 2. The van der Waals surface area contributed by atoms with Crippen molar-refractivity contribution in [2.75, 3.05) is 17.7 Å². The standard InChI is InChI=1S/C26H19F3N4O3.C25H17F3N4O3/c1-36-24(34)18-7-5-9-20(15-18)31-25(35)30-16-21-22(33-13-3-2-10-23(33)32-21)12-11-17-6-4-8-19(14-17)26(27,28)29;26-25(27,28)18-7-3-5-16(13-18)10-11-21-20(31-22-9-1-2-12-32(21)22)15-29-24(35)30-19-8-4-6-17(14-19)23(33)34/h2-10,13-15H,16H2,1H3,(H2,30,31,35);1-9,12-14H,15H2,(H,33,34)(H2,29,30,35). The van der Waals surface area contributed by atoms with Crippen molar-refractivity contribution >= 4 is 46.7 Å². The summed E-state index contributed by atoms with van der Waals surface area (Å²) in [5.41, 5.74) is 2.55. The van der Waals surface area contributed by atoms with E-state index < -0.39 is 47.5 Å². The molecule has 0 aliphatic rings. The SMILES string of the molecule is COC(=O)c1cccc(NC(=O)NCc2nc3ccccn3c2C#Cc2cccc(C(F)(F)F)c2)c1.O=C(NCc1nc2ccccn2c1C#Cc1cccc(C(F)(F)F)c1)Nc1cccc(C(=O)O)c1. The molecule has 71 heavy (non-hydrogen) atoms. The number of esters is 1. The number of halogens is 6. The number of aromatic nitrogens is 4. The molecule has 0 fully saturated rings. The van der Waals surface area contributed by atoms with Gasteiger partial charge in [0.25, 0.3) is 0 Å². The fourth-order valence-corrected chi connectivity index (χ4v) is 6.66. The van der Waals surface area contributed by atoms with Crippen LogP contribution in [0.2, 0.25) is 0 Å². The van der Waals surface area contributed by atoms with Crippen LogP contribution in [0.1, 0.15) is 65.7 Å². The van der Waals surface area contributed by atoms with Crippen molar-refractivity contribution in [1.82, 2.24) is 29.4 Å². The Morgan fingerprint density at radius 3 is 1.44 bits per heavy atom. The molecule has 0 bridgehead atoms. The zero-order chi connectivity index (χ0) is 50.7. The Hall–Kier alpha value is -9.56. The Bertz CT molecular complexity index is 3430. The molecule has 0 aliphatic carbocycles. The summed E-state index contributed by atoms with van der Waals surface area (Å²) >= 11 is 0. The summed E-state index contributed by atoms with van der Waals surface area (Å²) in [6.07, 6.45) is -5.52. The van der Waals surface area contributed by atoms with Gasteiger partial charge >= 0.3 is 36.4 Å². The first-order chi connectivity index (χ1) is 33.9. The number of nitrogens with zero attached hydrogens (tertiary/aromatic N) is 4. The summed E-state index contributed by atoms with van der Waals surface area (Å²) < 4.78 is 86.2. The number of alkyl halides is 6. The monoisotopic (exact) mass is 970 g/mol. The molecule has 0 saturated carbocycles. The molecule has 0 atom stereocenters. The van der Waals surface area contributed by atoms with E-state index in [1.807, 2.05) is 0 Å². The van der Waals surface area contributed by atoms with Crippen LogP contribution in [-0.2, 0) is 30.2 Å². The van der Waals surface area contributed by atoms with Gasteiger partial charge in [-0.05, 0) is 109 Å². The van der Waals surface area contributed by atoms with Gasteiger partial charge in [0.2, 0.25) is 0 Å². The van der Waals surface area contributed by atoms with E-state index in [9.17, 15) is 45.5 Å². The lowest BCUT2D eigenvalue weighted by molar-refractivity contribution is -0.138. The molecule has 4 amide bonds. The van der Waals surface area contributed by atoms with Gasteiger partial charge in [-0.1, -0.05) is 48.2 Å². The predicted octanol–water partition coefficient (Wildman–Crippen LogP) is 9.63. The predicted molar refractivity (Wildman–Crippen MR) is 248 cm³/mol. The maximum absolute atomic E-state index is 13.0. The topological polar surface area (TPSA) is 180 Å². The molecule has 0 spiro atoms. The number of amides is 4. The van der Waals surface area contributed by atoms with Gasteiger partial charge in [0.15, 0.2) is 0 Å². The smallest absolute Gasteiger partial charge is 0.416 e. The number of methoxy groups -OCH3 is 1. The molecule has 0 unspecified atom stereocenters. The van der Waals surface area contributed by atoms with E-state index in [1.54, 1.807) is 81.9 Å². The number of hydrogen-bond donors (Lipinski definition) is 5. The minimum atomic E-state index is -4.48. The van der Waals surface area contributed by atoms with Crippen molar-refractivity contribution in [3.05, 3.63) is 202 Å². The van der Waals surface area contributed by atoms with Crippen LogP contribution in [0, 0.1) is 23.7 Å². The van der Waals surface area contributed by atoms with Gasteiger partial charge in [-0.15, -0.1) is 0 Å². The zero-order valence-corrected chi connectivity index (χ0v) is 36.8. The third-order valence-corrected chi connectivity index (χ3v) is 9.98. The average molecular weight is 971 g/mol. The quantitative estimate of drug-likeness (QED) is 0.0567. The van der Waals surface area contributed by atoms with E-state index in [2.05, 4.69) is 59.7 Å². The van der Waals surface area contributed by atoms with Crippen LogP contribution in [0.25, 0.3) is 11.3 Å². The second-order valence-electron chi connectivity index (χ2n) is 14.9. The number of fused-ring (bicyclic) bond motifs is 2. The summed E-state index contributed by atoms with van der Waals surface area (Å²) in [5.74, 6) is 9.61. The van der Waals surface area contributed by atoms with Gasteiger partial charge in [-0.3, -0.25) is 8.80 Å². The molecule has 4 heterocycles. The van der Waals surface area contributed by atoms with E-state index >= 15 is 0 Å². The van der Waals surface area contributed by atoms with Crippen molar-refractivity contribution in [2.45, 2.75) is 25.4 Å². The second kappa shape index (κ2) is 21.6. The minimum Gasteiger partial charge on any atom is -0.478 e. The number of aromatic carboxylic acids is 1. The number of imidazole rings is 2. The van der Waals surface area contributed by atoms with E-state index in [-0.39, 0.29) is 35.3 Å². The highest BCUT2D eigenvalue weighted by molar-refractivity contribution is 5.94. The Kier molecular flexibility index (Phi) is 15.0. The van der Waals surface area contributed by atoms with Crippen molar-refractivity contribution < 1.29 is 55.4 Å². The van der Waals surface area contributed by atoms with Gasteiger partial charge in [-0.25, -0.2) is 29.1 Å². The van der Waals surface area contributed by atoms with Crippen LogP contribution in [0.3, 0.4) is 0 Å². The molecule has 4 aromatic carbocycles. The maximum atomic E-state index is 13.0. The first-order valence-electron chi connectivity index (χ1n) is 20.9. The fraction of sp³-hybridized carbons (Fsp3) is 0.0980. The Balaban J connectivity index is 0.000000209. The summed E-state index contributed by atoms with van der Waals surface area (Å²) in [6.45, 7) is -0.0322. The number of carboxylic acids is 1. The number of rotatable bonds is 8. The lowest BCUT2D eigenvalue weighted by Gasteiger charge is -2.08. The molecule has 0 saturated heterocycles. The summed E-state index contributed by atoms with van der Waals surface area (Å²) in [6, 6.07) is 30.9. The van der Waals surface area contributed by atoms with Gasteiger partial charge in [-0.2, -0.15) is 26.3 Å². The van der Waals surface area contributed by atoms with Gasteiger partial charge in [0.05, 0.1) is 53.8 Å². The third kappa shape index (κ3) is 12.9. The first kappa shape index (κ1) is 49.3. The lowest BCUT2D eigenvalue weighted by atomic mass is 10.1. The molecule has 20 heteroatoms. The molecular weight excluding hydrogens is 935 g/mol. The number of hydrogen-bond acceptors (Lipinski definition) is 7. The zero-order valence-electron chi connectivity index (χ0n) is 36.8. The highest BCUT2D eigenvalue weighted by Gasteiger charge is 2.31. The number of carboxylic acid groups (broad SMARTS) is 1. The van der Waals surface area contributed by atoms with Gasteiger partial charge in [0.1, 0.15) is 22.7 Å². The summed E-state index contributed by atoms with van der Waals surface area (Å²) in [5, 5.41) is 19.6. The van der Waals surface area contributed by atoms with E-state index in [0.717, 1.165) is 24.3 Å². The molecule has 8 aromatic rings. The van der Waals surface area contributed by atoms with Crippen molar-refractivity contribution in [1.29, 1.82) is 0 Å². The maximum Gasteiger partial charge on any atom is 0.416 e. The summed E-state index contributed by atoms with van der Waals surface area (Å²) in [7, 11) is 1.26. The number of carbonyl (C=O) groups is 4. The third-order valence-electron chi connectivity index (χ3n) is 9.98. The second-order valence-corrected chi connectivity index (χ2v) is 14.9. The van der Waals surface area contributed by atoms with Crippen LogP contribution < -0.4 is 21.3 Å². The number of benzene rings is 4. The molecule has 4 aromatic heterocycles. The molecular formula is C51H36F6N8O6. The number of carbonyl (C=O) groups excluding carboxylic acids is 3.